The third kappa shape index (κ3) is 1.95. The van der Waals surface area contributed by atoms with Gasteiger partial charge in [0, 0.05) is 17.1 Å². The summed E-state index contributed by atoms with van der Waals surface area (Å²) in [6, 6.07) is 4.20. The quantitative estimate of drug-likeness (QED) is 0.528. The predicted molar refractivity (Wildman–Crippen MR) is 76.2 cm³/mol. The van der Waals surface area contributed by atoms with E-state index >= 15 is 0 Å². The fourth-order valence-corrected chi connectivity index (χ4v) is 2.69. The molecule has 0 saturated carbocycles. The van der Waals surface area contributed by atoms with Crippen LogP contribution in [-0.4, -0.2) is 30.8 Å². The average molecular weight is 350 g/mol. The van der Waals surface area contributed by atoms with Crippen LogP contribution in [0.4, 0.5) is 10.5 Å². The van der Waals surface area contributed by atoms with E-state index < -0.39 is 23.8 Å². The molecule has 106 valence electrons. The van der Waals surface area contributed by atoms with Gasteiger partial charge in [-0.3, -0.25) is 25.0 Å². The van der Waals surface area contributed by atoms with Gasteiger partial charge in [0.25, 0.3) is 17.7 Å². The molecule has 0 spiro atoms. The Kier molecular flexibility index (Phi) is 2.91. The summed E-state index contributed by atoms with van der Waals surface area (Å²) in [5.74, 6) is -2.24. The molecule has 0 radical (unpaired) electrons. The highest BCUT2D eigenvalue weighted by Gasteiger charge is 2.39. The topological polar surface area (TPSA) is 95.6 Å². The number of rotatable bonds is 0. The van der Waals surface area contributed by atoms with Crippen molar-refractivity contribution in [1.29, 1.82) is 0 Å². The fourth-order valence-electron chi connectivity index (χ4n) is 2.33. The van der Waals surface area contributed by atoms with E-state index in [9.17, 15) is 19.2 Å². The molecule has 7 nitrogen and oxygen atoms in total. The lowest BCUT2D eigenvalue weighted by Gasteiger charge is -2.16. The number of hydrogen-bond donors (Lipinski definition) is 2. The van der Waals surface area contributed by atoms with Gasteiger partial charge < -0.3 is 4.90 Å². The first-order chi connectivity index (χ1) is 9.90. The molecular weight excluding hydrogens is 342 g/mol. The molecule has 1 aromatic carbocycles. The summed E-state index contributed by atoms with van der Waals surface area (Å²) in [7, 11) is 1.55. The zero-order chi connectivity index (χ0) is 15.3. The summed E-state index contributed by atoms with van der Waals surface area (Å²) in [5, 5.41) is 3.93. The van der Waals surface area contributed by atoms with E-state index in [-0.39, 0.29) is 11.1 Å². The molecule has 1 aromatic rings. The molecule has 1 fully saturated rings. The van der Waals surface area contributed by atoms with E-state index in [4.69, 9.17) is 0 Å². The summed E-state index contributed by atoms with van der Waals surface area (Å²) in [6.07, 6.45) is 0. The van der Waals surface area contributed by atoms with Crippen LogP contribution in [0.2, 0.25) is 0 Å². The van der Waals surface area contributed by atoms with Gasteiger partial charge in [-0.25, -0.2) is 4.79 Å². The smallest absolute Gasteiger partial charge is 0.311 e. The SMILES string of the molecule is CN1C(=O)C(=C2C(=O)NC(=O)NC2=O)c2cc(Br)ccc21. The number of nitrogens with one attached hydrogen (secondary N) is 2. The minimum Gasteiger partial charge on any atom is -0.311 e. The number of fused-ring (bicyclic) bond motifs is 1. The van der Waals surface area contributed by atoms with Crippen LogP contribution < -0.4 is 15.5 Å². The maximum Gasteiger partial charge on any atom is 0.328 e. The summed E-state index contributed by atoms with van der Waals surface area (Å²) >= 11 is 3.29. The number of imide groups is 2. The van der Waals surface area contributed by atoms with Crippen molar-refractivity contribution in [3.8, 4) is 0 Å². The van der Waals surface area contributed by atoms with Gasteiger partial charge in [0.2, 0.25) is 0 Å². The van der Waals surface area contributed by atoms with Crippen LogP contribution in [0, 0.1) is 0 Å². The molecular formula is C13H8BrN3O4. The summed E-state index contributed by atoms with van der Waals surface area (Å²) in [4.78, 5) is 48.6. The Hall–Kier alpha value is -2.48. The highest BCUT2D eigenvalue weighted by atomic mass is 79.9. The van der Waals surface area contributed by atoms with E-state index in [1.165, 1.54) is 4.90 Å². The highest BCUT2D eigenvalue weighted by Crippen LogP contribution is 2.39. The molecule has 0 bridgehead atoms. The molecule has 2 aliphatic rings. The Bertz CT molecular complexity index is 747. The number of hydrogen-bond acceptors (Lipinski definition) is 4. The van der Waals surface area contributed by atoms with Crippen molar-refractivity contribution in [3.63, 3.8) is 0 Å². The van der Waals surface area contributed by atoms with Gasteiger partial charge in [-0.15, -0.1) is 0 Å². The Morgan fingerprint density at radius 2 is 1.62 bits per heavy atom. The van der Waals surface area contributed by atoms with E-state index in [0.29, 0.717) is 15.7 Å². The zero-order valence-corrected chi connectivity index (χ0v) is 12.3. The number of carbonyl (C=O) groups is 4. The average Bonchev–Trinajstić information content (AvgIpc) is 2.62. The van der Waals surface area contributed by atoms with Crippen LogP contribution in [0.15, 0.2) is 28.2 Å². The summed E-state index contributed by atoms with van der Waals surface area (Å²) in [6.45, 7) is 0. The van der Waals surface area contributed by atoms with Crippen LogP contribution in [-0.2, 0) is 14.4 Å². The molecule has 5 amide bonds. The summed E-state index contributed by atoms with van der Waals surface area (Å²) in [5.41, 5.74) is 0.675. The van der Waals surface area contributed by atoms with Gasteiger partial charge in [-0.1, -0.05) is 15.9 Å². The van der Waals surface area contributed by atoms with Gasteiger partial charge in [0.05, 0.1) is 11.3 Å². The predicted octanol–water partition coefficient (Wildman–Crippen LogP) is 0.545. The standard InChI is InChI=1S/C13H8BrN3O4/c1-17-7-3-2-5(14)4-6(7)8(12(17)20)9-10(18)15-13(21)16-11(9)19/h2-4H,1H3,(H2,15,16,18,19,21). The molecule has 0 aromatic heterocycles. The van der Waals surface area contributed by atoms with Crippen LogP contribution in [0.5, 0.6) is 0 Å². The van der Waals surface area contributed by atoms with Crippen molar-refractivity contribution < 1.29 is 19.2 Å². The number of halogens is 1. The third-order valence-electron chi connectivity index (χ3n) is 3.27. The molecule has 2 aliphatic heterocycles. The largest absolute Gasteiger partial charge is 0.328 e. The van der Waals surface area contributed by atoms with E-state index in [1.807, 2.05) is 10.6 Å². The number of barbiturate groups is 1. The number of carbonyl (C=O) groups excluding carboxylic acids is 4. The molecule has 0 atom stereocenters. The van der Waals surface area contributed by atoms with Crippen LogP contribution >= 0.6 is 15.9 Å². The van der Waals surface area contributed by atoms with Crippen molar-refractivity contribution in [2.45, 2.75) is 0 Å². The lowest BCUT2D eigenvalue weighted by atomic mass is 9.99. The maximum atomic E-state index is 12.4. The van der Waals surface area contributed by atoms with Gasteiger partial charge in [0.1, 0.15) is 5.57 Å². The van der Waals surface area contributed by atoms with E-state index in [1.54, 1.807) is 25.2 Å². The molecule has 0 aliphatic carbocycles. The van der Waals surface area contributed by atoms with Crippen LogP contribution in [0.3, 0.4) is 0 Å². The number of likely N-dealkylation sites (N-methyl/N-ethyl adjacent to an activating group) is 1. The molecule has 3 rings (SSSR count). The second-order valence-electron chi connectivity index (χ2n) is 4.51. The second kappa shape index (κ2) is 4.52. The summed E-state index contributed by atoms with van der Waals surface area (Å²) < 4.78 is 0.704. The molecule has 2 N–H and O–H groups in total. The molecule has 21 heavy (non-hydrogen) atoms. The normalized spacial score (nSPS) is 17.9. The second-order valence-corrected chi connectivity index (χ2v) is 5.43. The molecule has 1 saturated heterocycles. The van der Waals surface area contributed by atoms with Gasteiger partial charge in [-0.2, -0.15) is 0 Å². The lowest BCUT2D eigenvalue weighted by molar-refractivity contribution is -0.124. The first kappa shape index (κ1) is 13.5. The van der Waals surface area contributed by atoms with Crippen molar-refractivity contribution in [1.82, 2.24) is 10.6 Å². The lowest BCUT2D eigenvalue weighted by Crippen LogP contribution is -2.52. The third-order valence-corrected chi connectivity index (χ3v) is 3.76. The number of urea groups is 1. The zero-order valence-electron chi connectivity index (χ0n) is 10.7. The van der Waals surface area contributed by atoms with Crippen molar-refractivity contribution in [3.05, 3.63) is 33.8 Å². The van der Waals surface area contributed by atoms with Crippen molar-refractivity contribution >= 4 is 50.9 Å². The Balaban J connectivity index is 2.28. The van der Waals surface area contributed by atoms with Gasteiger partial charge >= 0.3 is 6.03 Å². The number of anilines is 1. The Labute approximate surface area is 127 Å². The molecule has 2 heterocycles. The number of nitrogens with zero attached hydrogens (tertiary/aromatic N) is 1. The fraction of sp³-hybridized carbons (Fsp3) is 0.0769. The Morgan fingerprint density at radius 1 is 1.00 bits per heavy atom. The maximum absolute atomic E-state index is 12.4. The van der Waals surface area contributed by atoms with E-state index in [0.717, 1.165) is 0 Å². The van der Waals surface area contributed by atoms with Crippen molar-refractivity contribution in [2.24, 2.45) is 0 Å². The van der Waals surface area contributed by atoms with Gasteiger partial charge in [-0.05, 0) is 18.2 Å². The number of benzene rings is 1. The monoisotopic (exact) mass is 349 g/mol. The molecule has 0 unspecified atom stereocenters. The van der Waals surface area contributed by atoms with Crippen LogP contribution in [0.25, 0.3) is 5.57 Å². The minimum atomic E-state index is -0.900. The van der Waals surface area contributed by atoms with Gasteiger partial charge in [0.15, 0.2) is 0 Å². The first-order valence-electron chi connectivity index (χ1n) is 5.89. The molecule has 8 heteroatoms. The number of amides is 5. The first-order valence-corrected chi connectivity index (χ1v) is 6.68. The highest BCUT2D eigenvalue weighted by molar-refractivity contribution is 9.10. The van der Waals surface area contributed by atoms with Crippen molar-refractivity contribution in [2.75, 3.05) is 11.9 Å². The minimum absolute atomic E-state index is 0.0173. The van der Waals surface area contributed by atoms with Crippen LogP contribution in [0.1, 0.15) is 5.56 Å². The Morgan fingerprint density at radius 3 is 2.24 bits per heavy atom. The van der Waals surface area contributed by atoms with E-state index in [2.05, 4.69) is 15.9 Å².